The normalized spacial score (nSPS) is 10.7. The first-order valence-electron chi connectivity index (χ1n) is 6.50. The zero-order chi connectivity index (χ0) is 16.4. The van der Waals surface area contributed by atoms with Crippen LogP contribution in [0.5, 0.6) is 0 Å². The highest BCUT2D eigenvalue weighted by molar-refractivity contribution is 9.11. The van der Waals surface area contributed by atoms with Crippen molar-refractivity contribution in [2.24, 2.45) is 0 Å². The average molecular weight is 414 g/mol. The number of benzene rings is 1. The van der Waals surface area contributed by atoms with Gasteiger partial charge in [-0.25, -0.2) is 14.5 Å². The molecule has 0 atom stereocenters. The van der Waals surface area contributed by atoms with Crippen molar-refractivity contribution in [1.29, 1.82) is 0 Å². The minimum atomic E-state index is -0.428. The van der Waals surface area contributed by atoms with E-state index in [1.165, 1.54) is 11.3 Å². The monoisotopic (exact) mass is 412 g/mol. The highest BCUT2D eigenvalue weighted by atomic mass is 79.9. The van der Waals surface area contributed by atoms with Crippen LogP contribution in [0.2, 0.25) is 5.02 Å². The number of hydrogen-bond donors (Lipinski definition) is 0. The van der Waals surface area contributed by atoms with Crippen LogP contribution in [0.15, 0.2) is 34.4 Å². The molecule has 0 radical (unpaired) electrons. The van der Waals surface area contributed by atoms with Crippen molar-refractivity contribution >= 4 is 44.8 Å². The summed E-state index contributed by atoms with van der Waals surface area (Å²) in [7, 11) is 0. The lowest BCUT2D eigenvalue weighted by atomic mass is 10.3. The number of thiazole rings is 1. The quantitative estimate of drug-likeness (QED) is 0.608. The van der Waals surface area contributed by atoms with Gasteiger partial charge in [0, 0.05) is 5.02 Å². The molecular formula is C14H10BrClN4O2S. The van der Waals surface area contributed by atoms with E-state index in [1.54, 1.807) is 29.9 Å². The zero-order valence-electron chi connectivity index (χ0n) is 11.9. The first kappa shape index (κ1) is 16.1. The minimum absolute atomic E-state index is 0.0361. The maximum Gasteiger partial charge on any atom is 0.350 e. The summed E-state index contributed by atoms with van der Waals surface area (Å²) in [5, 5.41) is 8.59. The van der Waals surface area contributed by atoms with E-state index in [1.807, 2.05) is 12.1 Å². The molecule has 0 saturated heterocycles. The summed E-state index contributed by atoms with van der Waals surface area (Å²) >= 11 is 10.4. The van der Waals surface area contributed by atoms with E-state index < -0.39 is 5.97 Å². The third-order valence-electron chi connectivity index (χ3n) is 2.92. The van der Waals surface area contributed by atoms with Crippen LogP contribution in [0.3, 0.4) is 0 Å². The molecule has 2 aromatic heterocycles. The number of ether oxygens (including phenoxy) is 1. The van der Waals surface area contributed by atoms with E-state index in [9.17, 15) is 4.79 Å². The second-order valence-electron chi connectivity index (χ2n) is 4.59. The third-order valence-corrected chi connectivity index (χ3v) is 4.74. The van der Waals surface area contributed by atoms with Gasteiger partial charge in [0.15, 0.2) is 3.92 Å². The smallest absolute Gasteiger partial charge is 0.350 e. The van der Waals surface area contributed by atoms with Gasteiger partial charge in [-0.15, -0.1) is 5.10 Å². The summed E-state index contributed by atoms with van der Waals surface area (Å²) < 4.78 is 7.47. The van der Waals surface area contributed by atoms with E-state index >= 15 is 0 Å². The fourth-order valence-corrected chi connectivity index (χ4v) is 3.49. The van der Waals surface area contributed by atoms with E-state index in [0.29, 0.717) is 25.2 Å². The van der Waals surface area contributed by atoms with Crippen LogP contribution < -0.4 is 0 Å². The number of rotatable bonds is 4. The van der Waals surface area contributed by atoms with Crippen LogP contribution in [0.4, 0.5) is 0 Å². The molecule has 9 heteroatoms. The summed E-state index contributed by atoms with van der Waals surface area (Å²) in [5.74, 6) is -0.428. The number of aromatic nitrogens is 4. The summed E-state index contributed by atoms with van der Waals surface area (Å²) in [6, 6.07) is 7.22. The molecule has 2 heterocycles. The van der Waals surface area contributed by atoms with Crippen LogP contribution >= 0.6 is 38.9 Å². The van der Waals surface area contributed by atoms with Crippen LogP contribution in [0, 0.1) is 6.92 Å². The Morgan fingerprint density at radius 1 is 1.48 bits per heavy atom. The third kappa shape index (κ3) is 3.77. The highest BCUT2D eigenvalue weighted by Gasteiger charge is 2.16. The SMILES string of the molecule is Cc1nc(Br)sc1C(=O)OCc1cn(-c2cccc(Cl)c2)nn1. The van der Waals surface area contributed by atoms with Crippen molar-refractivity contribution in [3.63, 3.8) is 0 Å². The van der Waals surface area contributed by atoms with Crippen LogP contribution in [0.25, 0.3) is 5.69 Å². The predicted molar refractivity (Wildman–Crippen MR) is 90.0 cm³/mol. The number of esters is 1. The number of carbonyl (C=O) groups excluding carboxylic acids is 1. The number of nitrogens with zero attached hydrogens (tertiary/aromatic N) is 4. The van der Waals surface area contributed by atoms with Gasteiger partial charge in [0.1, 0.15) is 17.2 Å². The van der Waals surface area contributed by atoms with Crippen molar-refractivity contribution in [3.8, 4) is 5.69 Å². The molecule has 0 aliphatic carbocycles. The Morgan fingerprint density at radius 3 is 3.00 bits per heavy atom. The number of halogens is 2. The van der Waals surface area contributed by atoms with E-state index in [-0.39, 0.29) is 6.61 Å². The summed E-state index contributed by atoms with van der Waals surface area (Å²) in [4.78, 5) is 16.6. The molecule has 0 bridgehead atoms. The van der Waals surface area contributed by atoms with Gasteiger partial charge in [0.05, 0.1) is 17.6 Å². The fourth-order valence-electron chi connectivity index (χ4n) is 1.87. The molecule has 0 aliphatic heterocycles. The Morgan fingerprint density at radius 2 is 2.30 bits per heavy atom. The second-order valence-corrected chi connectivity index (χ2v) is 7.30. The van der Waals surface area contributed by atoms with E-state index in [0.717, 1.165) is 5.69 Å². The maximum absolute atomic E-state index is 12.0. The van der Waals surface area contributed by atoms with Gasteiger partial charge in [-0.1, -0.05) is 34.2 Å². The van der Waals surface area contributed by atoms with Gasteiger partial charge >= 0.3 is 5.97 Å². The lowest BCUT2D eigenvalue weighted by Gasteiger charge is -2.01. The minimum Gasteiger partial charge on any atom is -0.455 e. The van der Waals surface area contributed by atoms with Crippen LogP contribution in [-0.4, -0.2) is 25.9 Å². The van der Waals surface area contributed by atoms with Crippen molar-refractivity contribution < 1.29 is 9.53 Å². The van der Waals surface area contributed by atoms with Gasteiger partial charge in [0.2, 0.25) is 0 Å². The molecule has 0 fully saturated rings. The summed E-state index contributed by atoms with van der Waals surface area (Å²) in [6.45, 7) is 1.79. The molecule has 23 heavy (non-hydrogen) atoms. The van der Waals surface area contributed by atoms with Gasteiger partial charge in [-0.3, -0.25) is 0 Å². The topological polar surface area (TPSA) is 69.9 Å². The molecule has 0 saturated carbocycles. The molecule has 3 rings (SSSR count). The molecule has 0 amide bonds. The molecular weight excluding hydrogens is 404 g/mol. The van der Waals surface area contributed by atoms with E-state index in [2.05, 4.69) is 31.2 Å². The first-order valence-corrected chi connectivity index (χ1v) is 8.49. The van der Waals surface area contributed by atoms with Crippen molar-refractivity contribution in [1.82, 2.24) is 20.0 Å². The van der Waals surface area contributed by atoms with E-state index in [4.69, 9.17) is 16.3 Å². The standard InChI is InChI=1S/C14H10BrClN4O2S/c1-8-12(23-14(15)17-8)13(21)22-7-10-6-20(19-18-10)11-4-2-3-9(16)5-11/h2-6H,7H2,1H3. The lowest BCUT2D eigenvalue weighted by molar-refractivity contribution is 0.0472. The molecule has 3 aromatic rings. The number of hydrogen-bond acceptors (Lipinski definition) is 6. The molecule has 118 valence electrons. The van der Waals surface area contributed by atoms with Gasteiger partial charge in [0.25, 0.3) is 0 Å². The van der Waals surface area contributed by atoms with Crippen molar-refractivity contribution in [3.05, 3.63) is 55.7 Å². The maximum atomic E-state index is 12.0. The largest absolute Gasteiger partial charge is 0.455 e. The second kappa shape index (κ2) is 6.77. The highest BCUT2D eigenvalue weighted by Crippen LogP contribution is 2.23. The Labute approximate surface area is 149 Å². The average Bonchev–Trinajstić information content (AvgIpc) is 3.11. The van der Waals surface area contributed by atoms with Gasteiger partial charge < -0.3 is 4.74 Å². The molecule has 0 N–H and O–H groups in total. The predicted octanol–water partition coefficient (Wildman–Crippen LogP) is 3.81. The fraction of sp³-hybridized carbons (Fsp3) is 0.143. The number of carbonyl (C=O) groups is 1. The molecule has 0 unspecified atom stereocenters. The Kier molecular flexibility index (Phi) is 4.74. The first-order chi connectivity index (χ1) is 11.0. The zero-order valence-corrected chi connectivity index (χ0v) is 15.0. The molecule has 6 nitrogen and oxygen atoms in total. The van der Waals surface area contributed by atoms with Crippen LogP contribution in [-0.2, 0) is 11.3 Å². The van der Waals surface area contributed by atoms with Crippen molar-refractivity contribution in [2.45, 2.75) is 13.5 Å². The van der Waals surface area contributed by atoms with Gasteiger partial charge in [-0.05, 0) is 41.1 Å². The number of aryl methyl sites for hydroxylation is 1. The Hall–Kier alpha value is -1.77. The molecule has 0 aliphatic rings. The van der Waals surface area contributed by atoms with Crippen molar-refractivity contribution in [2.75, 3.05) is 0 Å². The lowest BCUT2D eigenvalue weighted by Crippen LogP contribution is -2.05. The Balaban J connectivity index is 1.68. The molecule has 0 spiro atoms. The summed E-state index contributed by atoms with van der Waals surface area (Å²) in [5.41, 5.74) is 1.96. The molecule has 1 aromatic carbocycles. The van der Waals surface area contributed by atoms with Crippen LogP contribution in [0.1, 0.15) is 21.1 Å². The summed E-state index contributed by atoms with van der Waals surface area (Å²) in [6.07, 6.45) is 1.69. The van der Waals surface area contributed by atoms with Gasteiger partial charge in [-0.2, -0.15) is 0 Å². The Bertz CT molecular complexity index is 864.